The van der Waals surface area contributed by atoms with Crippen molar-refractivity contribution in [3.8, 4) is 0 Å². The number of nitrogens with one attached hydrogen (secondary N) is 1. The third-order valence-corrected chi connectivity index (χ3v) is 3.23. The zero-order valence-corrected chi connectivity index (χ0v) is 11.8. The van der Waals surface area contributed by atoms with Crippen LogP contribution in [-0.4, -0.2) is 20.3 Å². The first-order valence-electron chi connectivity index (χ1n) is 6.40. The highest BCUT2D eigenvalue weighted by atomic mass is 16.5. The van der Waals surface area contributed by atoms with Crippen LogP contribution in [0.5, 0.6) is 0 Å². The van der Waals surface area contributed by atoms with Crippen molar-refractivity contribution in [2.45, 2.75) is 40.2 Å². The molecular formula is C15H25NO. The predicted octanol–water partition coefficient (Wildman–Crippen LogP) is 3.30. The van der Waals surface area contributed by atoms with Gasteiger partial charge in [-0.3, -0.25) is 0 Å². The van der Waals surface area contributed by atoms with Crippen LogP contribution < -0.4 is 5.32 Å². The average molecular weight is 235 g/mol. The van der Waals surface area contributed by atoms with Crippen LogP contribution in [0.2, 0.25) is 0 Å². The maximum Gasteiger partial charge on any atom is 0.0657 e. The number of ether oxygens (including phenoxy) is 1. The molecule has 0 fully saturated rings. The smallest absolute Gasteiger partial charge is 0.0657 e. The summed E-state index contributed by atoms with van der Waals surface area (Å²) in [6.07, 6.45) is 1.14. The number of aryl methyl sites for hydroxylation is 3. The molecule has 0 saturated carbocycles. The molecule has 2 heteroatoms. The van der Waals surface area contributed by atoms with Crippen molar-refractivity contribution in [2.24, 2.45) is 0 Å². The van der Waals surface area contributed by atoms with E-state index in [-0.39, 0.29) is 0 Å². The predicted molar refractivity (Wildman–Crippen MR) is 73.6 cm³/mol. The largest absolute Gasteiger partial charge is 0.383 e. The molecule has 1 unspecified atom stereocenters. The van der Waals surface area contributed by atoms with Crippen molar-refractivity contribution in [3.63, 3.8) is 0 Å². The zero-order chi connectivity index (χ0) is 12.8. The molecule has 1 rings (SSSR count). The molecule has 0 aliphatic rings. The van der Waals surface area contributed by atoms with Crippen molar-refractivity contribution in [3.05, 3.63) is 34.4 Å². The molecule has 0 amide bonds. The lowest BCUT2D eigenvalue weighted by Crippen LogP contribution is -2.26. The van der Waals surface area contributed by atoms with E-state index in [9.17, 15) is 0 Å². The van der Waals surface area contributed by atoms with E-state index in [1.165, 1.54) is 22.3 Å². The normalized spacial score (nSPS) is 12.8. The van der Waals surface area contributed by atoms with Crippen LogP contribution in [0, 0.1) is 20.8 Å². The Morgan fingerprint density at radius 2 is 1.76 bits per heavy atom. The van der Waals surface area contributed by atoms with Gasteiger partial charge in [0.05, 0.1) is 12.6 Å². The Bertz CT molecular complexity index is 360. The summed E-state index contributed by atoms with van der Waals surface area (Å²) in [6.45, 7) is 10.4. The summed E-state index contributed by atoms with van der Waals surface area (Å²) in [5, 5.41) is 3.55. The summed E-state index contributed by atoms with van der Waals surface area (Å²) in [6, 6.07) is 4.86. The molecule has 0 aliphatic carbocycles. The summed E-state index contributed by atoms with van der Waals surface area (Å²) >= 11 is 0. The molecule has 96 valence electrons. The zero-order valence-electron chi connectivity index (χ0n) is 11.8. The highest BCUT2D eigenvalue weighted by molar-refractivity contribution is 5.38. The second kappa shape index (κ2) is 6.77. The number of hydrogen-bond acceptors (Lipinski definition) is 2. The van der Waals surface area contributed by atoms with Crippen molar-refractivity contribution in [1.82, 2.24) is 5.32 Å². The number of benzene rings is 1. The Hall–Kier alpha value is -0.860. The van der Waals surface area contributed by atoms with Gasteiger partial charge in [0, 0.05) is 7.11 Å². The lowest BCUT2D eigenvalue weighted by Gasteiger charge is -2.21. The van der Waals surface area contributed by atoms with Gasteiger partial charge in [-0.15, -0.1) is 0 Å². The van der Waals surface area contributed by atoms with E-state index in [2.05, 4.69) is 45.1 Å². The SMILES string of the molecule is CCCNC(COC)c1cc(C)c(C)cc1C. The summed E-state index contributed by atoms with van der Waals surface area (Å²) in [4.78, 5) is 0. The lowest BCUT2D eigenvalue weighted by atomic mass is 9.96. The van der Waals surface area contributed by atoms with E-state index < -0.39 is 0 Å². The van der Waals surface area contributed by atoms with Crippen molar-refractivity contribution >= 4 is 0 Å². The monoisotopic (exact) mass is 235 g/mol. The molecule has 0 heterocycles. The van der Waals surface area contributed by atoms with Gasteiger partial charge in [0.1, 0.15) is 0 Å². The minimum Gasteiger partial charge on any atom is -0.383 e. The maximum absolute atomic E-state index is 5.32. The van der Waals surface area contributed by atoms with Gasteiger partial charge in [0.2, 0.25) is 0 Å². The first-order chi connectivity index (χ1) is 8.10. The molecular weight excluding hydrogens is 210 g/mol. The van der Waals surface area contributed by atoms with Gasteiger partial charge in [-0.05, 0) is 56.0 Å². The number of hydrogen-bond donors (Lipinski definition) is 1. The van der Waals surface area contributed by atoms with Crippen LogP contribution >= 0.6 is 0 Å². The summed E-state index contributed by atoms with van der Waals surface area (Å²) < 4.78 is 5.32. The molecule has 0 aliphatic heterocycles. The second-order valence-corrected chi connectivity index (χ2v) is 4.76. The second-order valence-electron chi connectivity index (χ2n) is 4.76. The van der Waals surface area contributed by atoms with E-state index in [4.69, 9.17) is 4.74 Å². The summed E-state index contributed by atoms with van der Waals surface area (Å²) in [5.41, 5.74) is 5.42. The summed E-state index contributed by atoms with van der Waals surface area (Å²) in [5.74, 6) is 0. The van der Waals surface area contributed by atoms with Gasteiger partial charge in [0.25, 0.3) is 0 Å². The Morgan fingerprint density at radius 1 is 1.12 bits per heavy atom. The Labute approximate surface area is 105 Å². The summed E-state index contributed by atoms with van der Waals surface area (Å²) in [7, 11) is 1.76. The first kappa shape index (κ1) is 14.2. The Kier molecular flexibility index (Phi) is 5.66. The van der Waals surface area contributed by atoms with E-state index in [1.807, 2.05) is 0 Å². The highest BCUT2D eigenvalue weighted by Gasteiger charge is 2.13. The van der Waals surface area contributed by atoms with Crippen molar-refractivity contribution in [2.75, 3.05) is 20.3 Å². The highest BCUT2D eigenvalue weighted by Crippen LogP contribution is 2.22. The van der Waals surface area contributed by atoms with Gasteiger partial charge < -0.3 is 10.1 Å². The standard InChI is InChI=1S/C15H25NO/c1-6-7-16-15(10-17-5)14-9-12(3)11(2)8-13(14)4/h8-9,15-16H,6-7,10H2,1-5H3. The minimum atomic E-state index is 0.305. The molecule has 1 aromatic rings. The number of rotatable bonds is 6. The third-order valence-electron chi connectivity index (χ3n) is 3.23. The van der Waals surface area contributed by atoms with Crippen LogP contribution in [0.4, 0.5) is 0 Å². The van der Waals surface area contributed by atoms with E-state index >= 15 is 0 Å². The fraction of sp³-hybridized carbons (Fsp3) is 0.600. The van der Waals surface area contributed by atoms with E-state index in [0.29, 0.717) is 6.04 Å². The Morgan fingerprint density at radius 3 is 2.35 bits per heavy atom. The first-order valence-corrected chi connectivity index (χ1v) is 6.40. The van der Waals surface area contributed by atoms with Crippen LogP contribution in [-0.2, 0) is 4.74 Å². The third kappa shape index (κ3) is 3.83. The van der Waals surface area contributed by atoms with Gasteiger partial charge in [-0.2, -0.15) is 0 Å². The van der Waals surface area contributed by atoms with Gasteiger partial charge in [-0.1, -0.05) is 19.1 Å². The maximum atomic E-state index is 5.32. The van der Waals surface area contributed by atoms with Crippen molar-refractivity contribution < 1.29 is 4.74 Å². The van der Waals surface area contributed by atoms with Crippen molar-refractivity contribution in [1.29, 1.82) is 0 Å². The molecule has 17 heavy (non-hydrogen) atoms. The van der Waals surface area contributed by atoms with Crippen LogP contribution in [0.15, 0.2) is 12.1 Å². The van der Waals surface area contributed by atoms with E-state index in [1.54, 1.807) is 7.11 Å². The quantitative estimate of drug-likeness (QED) is 0.817. The fourth-order valence-electron chi connectivity index (χ4n) is 2.10. The van der Waals surface area contributed by atoms with Gasteiger partial charge >= 0.3 is 0 Å². The van der Waals surface area contributed by atoms with Crippen LogP contribution in [0.3, 0.4) is 0 Å². The molecule has 1 atom stereocenters. The average Bonchev–Trinajstić information content (AvgIpc) is 2.29. The number of methoxy groups -OCH3 is 1. The molecule has 0 bridgehead atoms. The minimum absolute atomic E-state index is 0.305. The Balaban J connectivity index is 2.96. The van der Waals surface area contributed by atoms with Gasteiger partial charge in [-0.25, -0.2) is 0 Å². The molecule has 0 aromatic heterocycles. The molecule has 0 saturated heterocycles. The van der Waals surface area contributed by atoms with Crippen LogP contribution in [0.25, 0.3) is 0 Å². The lowest BCUT2D eigenvalue weighted by molar-refractivity contribution is 0.167. The van der Waals surface area contributed by atoms with Gasteiger partial charge in [0.15, 0.2) is 0 Å². The molecule has 1 N–H and O–H groups in total. The topological polar surface area (TPSA) is 21.3 Å². The van der Waals surface area contributed by atoms with Crippen LogP contribution in [0.1, 0.15) is 41.6 Å². The molecule has 0 radical (unpaired) electrons. The van der Waals surface area contributed by atoms with E-state index in [0.717, 1.165) is 19.6 Å². The molecule has 2 nitrogen and oxygen atoms in total. The molecule has 0 spiro atoms. The molecule has 1 aromatic carbocycles. The fourth-order valence-corrected chi connectivity index (χ4v) is 2.10.